The summed E-state index contributed by atoms with van der Waals surface area (Å²) in [6.45, 7) is 7.04. The first-order valence-corrected chi connectivity index (χ1v) is 5.54. The van der Waals surface area contributed by atoms with Crippen LogP contribution in [0.25, 0.3) is 0 Å². The first-order chi connectivity index (χ1) is 6.99. The van der Waals surface area contributed by atoms with E-state index in [0.717, 1.165) is 13.0 Å². The van der Waals surface area contributed by atoms with Crippen LogP contribution in [0.15, 0.2) is 0 Å². The summed E-state index contributed by atoms with van der Waals surface area (Å²) in [4.78, 5) is 24.4. The highest BCUT2D eigenvalue weighted by atomic mass is 16.2. The predicted octanol–water partition coefficient (Wildman–Crippen LogP) is 0.769. The third-order valence-corrected chi connectivity index (χ3v) is 2.53. The number of hydrogen-bond donors (Lipinski definition) is 1. The van der Waals surface area contributed by atoms with Gasteiger partial charge in [0.25, 0.3) is 0 Å². The molecule has 0 spiro atoms. The molecule has 15 heavy (non-hydrogen) atoms. The van der Waals surface area contributed by atoms with Gasteiger partial charge in [0.15, 0.2) is 0 Å². The lowest BCUT2D eigenvalue weighted by atomic mass is 10.1. The van der Waals surface area contributed by atoms with Crippen molar-refractivity contribution in [1.29, 1.82) is 0 Å². The van der Waals surface area contributed by atoms with E-state index in [1.165, 1.54) is 6.92 Å². The molecule has 0 aromatic carbocycles. The molecule has 86 valence electrons. The Morgan fingerprint density at radius 3 is 2.67 bits per heavy atom. The van der Waals surface area contributed by atoms with Gasteiger partial charge in [-0.05, 0) is 12.3 Å². The van der Waals surface area contributed by atoms with Crippen molar-refractivity contribution in [1.82, 2.24) is 10.2 Å². The molecular formula is C11H20N2O2. The Kier molecular flexibility index (Phi) is 4.12. The molecule has 0 saturated carbocycles. The molecule has 0 aliphatic carbocycles. The molecule has 1 N–H and O–H groups in total. The predicted molar refractivity (Wildman–Crippen MR) is 58.3 cm³/mol. The fourth-order valence-electron chi connectivity index (χ4n) is 1.87. The minimum atomic E-state index is -0.0156. The van der Waals surface area contributed by atoms with E-state index >= 15 is 0 Å². The topological polar surface area (TPSA) is 49.4 Å². The maximum atomic E-state index is 11.7. The molecule has 4 nitrogen and oxygen atoms in total. The van der Waals surface area contributed by atoms with Crippen LogP contribution in [0.5, 0.6) is 0 Å². The smallest absolute Gasteiger partial charge is 0.222 e. The van der Waals surface area contributed by atoms with Gasteiger partial charge in [-0.2, -0.15) is 0 Å². The van der Waals surface area contributed by atoms with Gasteiger partial charge >= 0.3 is 0 Å². The van der Waals surface area contributed by atoms with Crippen molar-refractivity contribution >= 4 is 11.8 Å². The van der Waals surface area contributed by atoms with E-state index in [9.17, 15) is 9.59 Å². The third-order valence-electron chi connectivity index (χ3n) is 2.53. The molecule has 1 atom stereocenters. The van der Waals surface area contributed by atoms with Gasteiger partial charge in [-0.15, -0.1) is 0 Å². The van der Waals surface area contributed by atoms with Gasteiger partial charge < -0.3 is 10.2 Å². The van der Waals surface area contributed by atoms with E-state index in [1.54, 1.807) is 0 Å². The Labute approximate surface area is 91.0 Å². The fourth-order valence-corrected chi connectivity index (χ4v) is 1.87. The van der Waals surface area contributed by atoms with Gasteiger partial charge in [-0.1, -0.05) is 13.8 Å². The number of nitrogens with zero attached hydrogens (tertiary/aromatic N) is 1. The van der Waals surface area contributed by atoms with Crippen LogP contribution < -0.4 is 5.32 Å². The highest BCUT2D eigenvalue weighted by Gasteiger charge is 2.26. The molecule has 0 radical (unpaired) electrons. The minimum absolute atomic E-state index is 0.0156. The Morgan fingerprint density at radius 2 is 2.13 bits per heavy atom. The summed E-state index contributed by atoms with van der Waals surface area (Å²) >= 11 is 0. The second-order valence-corrected chi connectivity index (χ2v) is 4.62. The monoisotopic (exact) mass is 212 g/mol. The molecule has 0 aromatic rings. The van der Waals surface area contributed by atoms with Crippen molar-refractivity contribution in [2.45, 2.75) is 39.7 Å². The highest BCUT2D eigenvalue weighted by molar-refractivity contribution is 5.77. The van der Waals surface area contributed by atoms with Crippen LogP contribution >= 0.6 is 0 Å². The van der Waals surface area contributed by atoms with Crippen LogP contribution in [0.4, 0.5) is 0 Å². The molecule has 1 aliphatic heterocycles. The van der Waals surface area contributed by atoms with Crippen LogP contribution in [-0.2, 0) is 9.59 Å². The molecule has 0 bridgehead atoms. The van der Waals surface area contributed by atoms with Gasteiger partial charge in [0.2, 0.25) is 11.8 Å². The van der Waals surface area contributed by atoms with Crippen LogP contribution in [0, 0.1) is 5.92 Å². The molecule has 1 rings (SSSR count). The highest BCUT2D eigenvalue weighted by Crippen LogP contribution is 2.12. The summed E-state index contributed by atoms with van der Waals surface area (Å²) in [6.07, 6.45) is 1.48. The summed E-state index contributed by atoms with van der Waals surface area (Å²) in [7, 11) is 0. The molecule has 4 heteroatoms. The molecule has 1 aliphatic rings. The number of hydrogen-bond acceptors (Lipinski definition) is 2. The SMILES string of the molecule is CC(=O)NC1CCN(C(=O)CC(C)C)C1. The summed E-state index contributed by atoms with van der Waals surface area (Å²) in [6, 6.07) is 0.151. The summed E-state index contributed by atoms with van der Waals surface area (Å²) in [5, 5.41) is 2.85. The van der Waals surface area contributed by atoms with Crippen molar-refractivity contribution < 1.29 is 9.59 Å². The number of nitrogens with one attached hydrogen (secondary N) is 1. The lowest BCUT2D eigenvalue weighted by Gasteiger charge is -2.17. The van der Waals surface area contributed by atoms with Crippen molar-refractivity contribution in [3.05, 3.63) is 0 Å². The van der Waals surface area contributed by atoms with Crippen molar-refractivity contribution in [3.63, 3.8) is 0 Å². The average molecular weight is 212 g/mol. The van der Waals surface area contributed by atoms with Crippen LogP contribution in [0.1, 0.15) is 33.6 Å². The van der Waals surface area contributed by atoms with Gasteiger partial charge in [0.05, 0.1) is 0 Å². The maximum Gasteiger partial charge on any atom is 0.222 e. The standard InChI is InChI=1S/C11H20N2O2/c1-8(2)6-11(15)13-5-4-10(7-13)12-9(3)14/h8,10H,4-7H2,1-3H3,(H,12,14). The number of amides is 2. The van der Waals surface area contributed by atoms with Crippen molar-refractivity contribution in [2.24, 2.45) is 5.92 Å². The number of likely N-dealkylation sites (tertiary alicyclic amines) is 1. The summed E-state index contributed by atoms with van der Waals surface area (Å²) in [5.74, 6) is 0.591. The molecule has 1 saturated heterocycles. The van der Waals surface area contributed by atoms with E-state index < -0.39 is 0 Å². The molecule has 2 amide bonds. The van der Waals surface area contributed by atoms with E-state index in [1.807, 2.05) is 18.7 Å². The number of carbonyl (C=O) groups excluding carboxylic acids is 2. The second-order valence-electron chi connectivity index (χ2n) is 4.62. The number of rotatable bonds is 3. The van der Waals surface area contributed by atoms with E-state index in [2.05, 4.69) is 5.32 Å². The zero-order valence-corrected chi connectivity index (χ0v) is 9.75. The molecular weight excluding hydrogens is 192 g/mol. The summed E-state index contributed by atoms with van der Waals surface area (Å²) < 4.78 is 0. The molecule has 1 heterocycles. The van der Waals surface area contributed by atoms with Crippen LogP contribution in [0.2, 0.25) is 0 Å². The van der Waals surface area contributed by atoms with Crippen molar-refractivity contribution in [3.8, 4) is 0 Å². The third kappa shape index (κ3) is 3.90. The van der Waals surface area contributed by atoms with Crippen molar-refractivity contribution in [2.75, 3.05) is 13.1 Å². The Morgan fingerprint density at radius 1 is 1.47 bits per heavy atom. The quantitative estimate of drug-likeness (QED) is 0.751. The maximum absolute atomic E-state index is 11.7. The van der Waals surface area contributed by atoms with E-state index in [-0.39, 0.29) is 17.9 Å². The lowest BCUT2D eigenvalue weighted by Crippen LogP contribution is -2.37. The zero-order chi connectivity index (χ0) is 11.4. The Balaban J connectivity index is 2.35. The normalized spacial score (nSPS) is 20.8. The van der Waals surface area contributed by atoms with Crippen LogP contribution in [-0.4, -0.2) is 35.8 Å². The van der Waals surface area contributed by atoms with E-state index in [0.29, 0.717) is 18.9 Å². The zero-order valence-electron chi connectivity index (χ0n) is 9.75. The van der Waals surface area contributed by atoms with Gasteiger partial charge in [-0.3, -0.25) is 9.59 Å². The second kappa shape index (κ2) is 5.14. The average Bonchev–Trinajstić information content (AvgIpc) is 2.50. The molecule has 1 fully saturated rings. The fraction of sp³-hybridized carbons (Fsp3) is 0.818. The lowest BCUT2D eigenvalue weighted by molar-refractivity contribution is -0.131. The van der Waals surface area contributed by atoms with Crippen LogP contribution in [0.3, 0.4) is 0 Å². The van der Waals surface area contributed by atoms with E-state index in [4.69, 9.17) is 0 Å². The summed E-state index contributed by atoms with van der Waals surface area (Å²) in [5.41, 5.74) is 0. The molecule has 0 aromatic heterocycles. The van der Waals surface area contributed by atoms with Gasteiger partial charge in [-0.25, -0.2) is 0 Å². The van der Waals surface area contributed by atoms with Gasteiger partial charge in [0.1, 0.15) is 0 Å². The Hall–Kier alpha value is -1.06. The molecule has 1 unspecified atom stereocenters. The van der Waals surface area contributed by atoms with Gasteiger partial charge in [0, 0.05) is 32.5 Å². The first kappa shape index (κ1) is 12.0. The first-order valence-electron chi connectivity index (χ1n) is 5.54. The largest absolute Gasteiger partial charge is 0.352 e. The minimum Gasteiger partial charge on any atom is -0.352 e. The number of carbonyl (C=O) groups is 2. The Bertz CT molecular complexity index is 251.